The molecule has 0 spiro atoms. The van der Waals surface area contributed by atoms with E-state index in [-0.39, 0.29) is 37.8 Å². The zero-order chi connectivity index (χ0) is 29.5. The Kier molecular flexibility index (Phi) is 10.3. The van der Waals surface area contributed by atoms with Gasteiger partial charge in [-0.25, -0.2) is 31.9 Å². The number of aromatic nitrogens is 2. The van der Waals surface area contributed by atoms with Gasteiger partial charge in [0.25, 0.3) is 0 Å². The number of benzene rings is 4. The molecule has 0 atom stereocenters. The van der Waals surface area contributed by atoms with Gasteiger partial charge in [0.15, 0.2) is 0 Å². The molecular formula is C30H17F5I2N2O2. The third-order valence-electron chi connectivity index (χ3n) is 5.33. The van der Waals surface area contributed by atoms with Crippen molar-refractivity contribution in [1.82, 2.24) is 9.97 Å². The van der Waals surface area contributed by atoms with E-state index in [1.54, 1.807) is 65.1 Å². The minimum absolute atomic E-state index is 0.0492. The standard InChI is InChI=1S/C15H8F2INO.C9H6FNO.C6H3F2I/c16-11-4-2-6-13(14(11)18)20-10-7-9-3-1-5-12(17)15(9)19-8-10;10-8-3-1-2-6-4-7(12)5-11-9(6)8;7-4-2-1-3-5(8)6(4)9/h1-8H;1-5,12H;1-3H. The van der Waals surface area contributed by atoms with Crippen LogP contribution in [0, 0.1) is 36.2 Å². The summed E-state index contributed by atoms with van der Waals surface area (Å²) in [6.07, 6.45) is 2.65. The Bertz CT molecular complexity index is 1820. The highest BCUT2D eigenvalue weighted by Gasteiger charge is 2.09. The molecule has 208 valence electrons. The van der Waals surface area contributed by atoms with Gasteiger partial charge in [0.1, 0.15) is 57.4 Å². The van der Waals surface area contributed by atoms with E-state index >= 15 is 0 Å². The van der Waals surface area contributed by atoms with E-state index in [0.717, 1.165) is 0 Å². The second-order valence-electron chi connectivity index (χ2n) is 8.18. The molecule has 0 unspecified atom stereocenters. The van der Waals surface area contributed by atoms with Crippen molar-refractivity contribution in [2.75, 3.05) is 0 Å². The molecule has 6 rings (SSSR count). The largest absolute Gasteiger partial charge is 0.506 e. The molecule has 4 aromatic carbocycles. The smallest absolute Gasteiger partial charge is 0.149 e. The molecule has 0 saturated heterocycles. The number of rotatable bonds is 2. The molecule has 0 radical (unpaired) electrons. The van der Waals surface area contributed by atoms with Gasteiger partial charge in [-0.2, -0.15) is 0 Å². The molecular weight excluding hydrogens is 769 g/mol. The summed E-state index contributed by atoms with van der Waals surface area (Å²) in [7, 11) is 0. The minimum Gasteiger partial charge on any atom is -0.506 e. The maximum absolute atomic E-state index is 13.5. The van der Waals surface area contributed by atoms with Crippen molar-refractivity contribution in [1.29, 1.82) is 0 Å². The average Bonchev–Trinajstić information content (AvgIpc) is 2.95. The van der Waals surface area contributed by atoms with Crippen LogP contribution in [-0.2, 0) is 0 Å². The first-order valence-electron chi connectivity index (χ1n) is 11.6. The van der Waals surface area contributed by atoms with Crippen LogP contribution >= 0.6 is 45.2 Å². The molecule has 41 heavy (non-hydrogen) atoms. The lowest BCUT2D eigenvalue weighted by molar-refractivity contribution is 0.470. The zero-order valence-electron chi connectivity index (χ0n) is 20.6. The number of aromatic hydroxyl groups is 1. The van der Waals surface area contributed by atoms with Gasteiger partial charge in [-0.3, -0.25) is 0 Å². The number of hydrogen-bond acceptors (Lipinski definition) is 4. The van der Waals surface area contributed by atoms with Crippen LogP contribution in [0.4, 0.5) is 22.0 Å². The van der Waals surface area contributed by atoms with Crippen LogP contribution in [0.3, 0.4) is 0 Å². The van der Waals surface area contributed by atoms with Crippen LogP contribution in [-0.4, -0.2) is 15.1 Å². The first kappa shape index (κ1) is 30.4. The van der Waals surface area contributed by atoms with Gasteiger partial charge in [-0.05, 0) is 93.7 Å². The van der Waals surface area contributed by atoms with E-state index in [1.165, 1.54) is 54.9 Å². The highest BCUT2D eigenvalue weighted by Crippen LogP contribution is 2.30. The van der Waals surface area contributed by atoms with E-state index in [2.05, 4.69) is 9.97 Å². The maximum Gasteiger partial charge on any atom is 0.149 e. The second kappa shape index (κ2) is 13.9. The molecule has 0 amide bonds. The number of nitrogens with zero attached hydrogens (tertiary/aromatic N) is 2. The summed E-state index contributed by atoms with van der Waals surface area (Å²) < 4.78 is 70.6. The Balaban J connectivity index is 0.000000156. The molecule has 0 aliphatic carbocycles. The predicted molar refractivity (Wildman–Crippen MR) is 163 cm³/mol. The molecule has 0 fully saturated rings. The van der Waals surface area contributed by atoms with Gasteiger partial charge < -0.3 is 9.84 Å². The number of para-hydroxylation sites is 2. The Morgan fingerprint density at radius 1 is 0.561 bits per heavy atom. The highest BCUT2D eigenvalue weighted by atomic mass is 127. The summed E-state index contributed by atoms with van der Waals surface area (Å²) in [5, 5.41) is 10.3. The van der Waals surface area contributed by atoms with Crippen molar-refractivity contribution in [2.45, 2.75) is 0 Å². The van der Waals surface area contributed by atoms with E-state index in [1.807, 2.05) is 22.6 Å². The van der Waals surface area contributed by atoms with Crippen molar-refractivity contribution in [3.63, 3.8) is 0 Å². The van der Waals surface area contributed by atoms with Gasteiger partial charge in [0.2, 0.25) is 0 Å². The summed E-state index contributed by atoms with van der Waals surface area (Å²) in [6.45, 7) is 0. The Labute approximate surface area is 258 Å². The topological polar surface area (TPSA) is 55.2 Å². The normalized spacial score (nSPS) is 10.4. The molecule has 1 N–H and O–H groups in total. The first-order valence-corrected chi connectivity index (χ1v) is 13.8. The first-order chi connectivity index (χ1) is 19.6. The fraction of sp³-hybridized carbons (Fsp3) is 0. The van der Waals surface area contributed by atoms with Crippen molar-refractivity contribution in [3.8, 4) is 17.2 Å². The number of fused-ring (bicyclic) bond motifs is 2. The average molecular weight is 786 g/mol. The predicted octanol–water partition coefficient (Wildman–Crippen LogP) is 9.56. The molecule has 0 aliphatic rings. The Hall–Kier alpha value is -3.59. The lowest BCUT2D eigenvalue weighted by Crippen LogP contribution is -1.92. The van der Waals surface area contributed by atoms with Gasteiger partial charge in [0.05, 0.1) is 19.5 Å². The third kappa shape index (κ3) is 7.79. The summed E-state index contributed by atoms with van der Waals surface area (Å²) in [6, 6.07) is 20.9. The van der Waals surface area contributed by atoms with Crippen molar-refractivity contribution < 1.29 is 31.8 Å². The molecule has 0 saturated carbocycles. The zero-order valence-corrected chi connectivity index (χ0v) is 24.9. The quantitative estimate of drug-likeness (QED) is 0.108. The van der Waals surface area contributed by atoms with Crippen LogP contribution in [0.5, 0.6) is 17.2 Å². The monoisotopic (exact) mass is 786 g/mol. The van der Waals surface area contributed by atoms with E-state index in [0.29, 0.717) is 25.8 Å². The fourth-order valence-corrected chi connectivity index (χ4v) is 4.27. The number of halogens is 7. The van der Waals surface area contributed by atoms with Crippen molar-refractivity contribution in [3.05, 3.63) is 134 Å². The van der Waals surface area contributed by atoms with Crippen molar-refractivity contribution in [2.24, 2.45) is 0 Å². The summed E-state index contributed by atoms with van der Waals surface area (Å²) in [4.78, 5) is 7.79. The molecule has 6 aromatic rings. The number of pyridine rings is 2. The third-order valence-corrected chi connectivity index (χ3v) is 7.41. The van der Waals surface area contributed by atoms with E-state index in [9.17, 15) is 22.0 Å². The molecule has 2 heterocycles. The van der Waals surface area contributed by atoms with Gasteiger partial charge >= 0.3 is 0 Å². The number of ether oxygens (including phenoxy) is 1. The molecule has 11 heteroatoms. The summed E-state index contributed by atoms with van der Waals surface area (Å²) >= 11 is 3.49. The van der Waals surface area contributed by atoms with Crippen LogP contribution in [0.2, 0.25) is 0 Å². The maximum atomic E-state index is 13.5. The fourth-order valence-electron chi connectivity index (χ4n) is 3.44. The van der Waals surface area contributed by atoms with Crippen LogP contribution in [0.25, 0.3) is 21.8 Å². The van der Waals surface area contributed by atoms with Gasteiger partial charge in [0, 0.05) is 10.8 Å². The number of hydrogen-bond donors (Lipinski definition) is 1. The van der Waals surface area contributed by atoms with Crippen LogP contribution in [0.15, 0.2) is 97.3 Å². The second-order valence-corrected chi connectivity index (χ2v) is 10.3. The van der Waals surface area contributed by atoms with Gasteiger partial charge in [-0.15, -0.1) is 0 Å². The van der Waals surface area contributed by atoms with Gasteiger partial charge in [-0.1, -0.05) is 36.4 Å². The minimum atomic E-state index is -0.504. The van der Waals surface area contributed by atoms with Crippen molar-refractivity contribution >= 4 is 67.0 Å². The van der Waals surface area contributed by atoms with E-state index < -0.39 is 11.6 Å². The molecule has 0 bridgehead atoms. The molecule has 4 nitrogen and oxygen atoms in total. The lowest BCUT2D eigenvalue weighted by atomic mass is 10.2. The SMILES string of the molecule is Fc1cccc(F)c1I.Fc1cccc(Oc2cnc3c(F)cccc3c2)c1I.Oc1cnc2c(F)cccc2c1. The highest BCUT2D eigenvalue weighted by molar-refractivity contribution is 14.1. The van der Waals surface area contributed by atoms with Crippen LogP contribution < -0.4 is 4.74 Å². The molecule has 2 aromatic heterocycles. The summed E-state index contributed by atoms with van der Waals surface area (Å²) in [5.74, 6) is -1.21. The molecule has 0 aliphatic heterocycles. The summed E-state index contributed by atoms with van der Waals surface area (Å²) in [5.41, 5.74) is 0.573. The van der Waals surface area contributed by atoms with E-state index in [4.69, 9.17) is 9.84 Å². The Morgan fingerprint density at radius 2 is 1.02 bits per heavy atom. The van der Waals surface area contributed by atoms with Crippen LogP contribution in [0.1, 0.15) is 0 Å². The Morgan fingerprint density at radius 3 is 1.61 bits per heavy atom. The lowest BCUT2D eigenvalue weighted by Gasteiger charge is -2.08.